The van der Waals surface area contributed by atoms with Gasteiger partial charge in [-0.05, 0) is 38.6 Å². The predicted molar refractivity (Wildman–Crippen MR) is 73.3 cm³/mol. The van der Waals surface area contributed by atoms with Crippen molar-refractivity contribution in [1.29, 1.82) is 0 Å². The number of hydrogen-bond donors (Lipinski definition) is 2. The largest absolute Gasteiger partial charge is 0.336 e. The van der Waals surface area contributed by atoms with Crippen molar-refractivity contribution in [2.45, 2.75) is 18.9 Å². The second kappa shape index (κ2) is 5.68. The Morgan fingerprint density at radius 2 is 2.24 bits per heavy atom. The summed E-state index contributed by atoms with van der Waals surface area (Å²) in [6, 6.07) is 9.84. The van der Waals surface area contributed by atoms with E-state index in [4.69, 9.17) is 0 Å². The number of carbonyl (C=O) groups is 1. The molecule has 1 saturated heterocycles. The molecule has 1 fully saturated rings. The minimum Gasteiger partial charge on any atom is -0.336 e. The van der Waals surface area contributed by atoms with Crippen LogP contribution in [0.4, 0.5) is 10.5 Å². The van der Waals surface area contributed by atoms with E-state index in [-0.39, 0.29) is 8.88 Å². The molecule has 0 radical (unpaired) electrons. The molecule has 1 heterocycles. The quantitative estimate of drug-likeness (QED) is 0.848. The van der Waals surface area contributed by atoms with Crippen molar-refractivity contribution in [2.24, 2.45) is 0 Å². The number of para-hydroxylation sites is 1. The second-order valence-electron chi connectivity index (χ2n) is 4.48. The zero-order valence-electron chi connectivity index (χ0n) is 10.1. The summed E-state index contributed by atoms with van der Waals surface area (Å²) >= 11 is 0. The third-order valence-corrected chi connectivity index (χ3v) is 3.20. The number of likely N-dealkylation sites (N-methyl/N-ethyl adjacent to an activating group) is 1. The van der Waals surface area contributed by atoms with E-state index in [0.717, 1.165) is 18.8 Å². The zero-order valence-corrected chi connectivity index (χ0v) is 10.1. The van der Waals surface area contributed by atoms with Crippen molar-refractivity contribution in [3.05, 3.63) is 30.3 Å². The number of anilines is 1. The van der Waals surface area contributed by atoms with Crippen LogP contribution in [-0.2, 0) is 0 Å². The van der Waals surface area contributed by atoms with E-state index < -0.39 is 0 Å². The fourth-order valence-electron chi connectivity index (χ4n) is 2.14. The smallest absolute Gasteiger partial charge is 0.319 e. The minimum atomic E-state index is -0.128. The summed E-state index contributed by atoms with van der Waals surface area (Å²) in [7, 11) is 2.11. The molecule has 17 heavy (non-hydrogen) atoms. The zero-order chi connectivity index (χ0) is 12.1. The molecule has 0 aliphatic carbocycles. The Hall–Kier alpha value is -1.55. The first-order chi connectivity index (χ1) is 8.25. The van der Waals surface area contributed by atoms with Crippen LogP contribution in [0.25, 0.3) is 0 Å². The first-order valence-electron chi connectivity index (χ1n) is 6.06. The van der Waals surface area contributed by atoms with Gasteiger partial charge in [0.1, 0.15) is 0 Å². The molecule has 2 rings (SSSR count). The van der Waals surface area contributed by atoms with Crippen LogP contribution >= 0.6 is 0 Å². The first-order valence-corrected chi connectivity index (χ1v) is 6.06. The SMILES string of the molecule is CN1CCC[C@H]1CNC(=O)Nc1ccccc1.[HH].[HH]. The lowest BCUT2D eigenvalue weighted by molar-refractivity contribution is 0.245. The van der Waals surface area contributed by atoms with Crippen molar-refractivity contribution >= 4 is 11.7 Å². The number of nitrogens with zero attached hydrogens (tertiary/aromatic N) is 1. The molecule has 1 aromatic rings. The second-order valence-corrected chi connectivity index (χ2v) is 4.48. The Labute approximate surface area is 105 Å². The Bertz CT molecular complexity index is 375. The summed E-state index contributed by atoms with van der Waals surface area (Å²) in [5.74, 6) is 0. The van der Waals surface area contributed by atoms with Gasteiger partial charge in [0.25, 0.3) is 0 Å². The van der Waals surface area contributed by atoms with Crippen molar-refractivity contribution in [2.75, 3.05) is 25.5 Å². The van der Waals surface area contributed by atoms with Crippen LogP contribution in [0.3, 0.4) is 0 Å². The molecule has 0 spiro atoms. The minimum absolute atomic E-state index is 0. The van der Waals surface area contributed by atoms with E-state index in [1.54, 1.807) is 0 Å². The van der Waals surface area contributed by atoms with Crippen LogP contribution in [0.1, 0.15) is 15.7 Å². The number of urea groups is 1. The molecule has 4 nitrogen and oxygen atoms in total. The number of benzene rings is 1. The number of amides is 2. The van der Waals surface area contributed by atoms with Crippen LogP contribution in [-0.4, -0.2) is 37.1 Å². The van der Waals surface area contributed by atoms with Crippen molar-refractivity contribution in [3.8, 4) is 0 Å². The van der Waals surface area contributed by atoms with Gasteiger partial charge in [-0.3, -0.25) is 0 Å². The fourth-order valence-corrected chi connectivity index (χ4v) is 2.14. The van der Waals surface area contributed by atoms with Gasteiger partial charge in [0.15, 0.2) is 0 Å². The van der Waals surface area contributed by atoms with Crippen molar-refractivity contribution in [1.82, 2.24) is 10.2 Å². The monoisotopic (exact) mass is 237 g/mol. The molecule has 0 bridgehead atoms. The van der Waals surface area contributed by atoms with E-state index >= 15 is 0 Å². The summed E-state index contributed by atoms with van der Waals surface area (Å²) in [5.41, 5.74) is 0.824. The summed E-state index contributed by atoms with van der Waals surface area (Å²) in [6.45, 7) is 1.85. The van der Waals surface area contributed by atoms with Gasteiger partial charge >= 0.3 is 6.03 Å². The standard InChI is InChI=1S/C13H19N3O.2H2/c1-16-9-5-8-12(16)10-14-13(17)15-11-6-3-2-4-7-11;;/h2-4,6-7,12H,5,8-10H2,1H3,(H2,14,15,17);2*1H/t12-;;/m0../s1. The number of rotatable bonds is 3. The lowest BCUT2D eigenvalue weighted by Gasteiger charge is -2.19. The Morgan fingerprint density at radius 3 is 2.88 bits per heavy atom. The maximum absolute atomic E-state index is 11.6. The molecule has 0 unspecified atom stereocenters. The van der Waals surface area contributed by atoms with Gasteiger partial charge in [0.2, 0.25) is 0 Å². The highest BCUT2D eigenvalue weighted by atomic mass is 16.2. The molecule has 2 amide bonds. The van der Waals surface area contributed by atoms with Crippen LogP contribution < -0.4 is 10.6 Å². The summed E-state index contributed by atoms with van der Waals surface area (Å²) in [4.78, 5) is 13.9. The first kappa shape index (κ1) is 11.9. The molecule has 0 saturated carbocycles. The van der Waals surface area contributed by atoms with Gasteiger partial charge in [-0.15, -0.1) is 0 Å². The summed E-state index contributed by atoms with van der Waals surface area (Å²) < 4.78 is 0. The van der Waals surface area contributed by atoms with Gasteiger partial charge in [0, 0.05) is 21.1 Å². The summed E-state index contributed by atoms with van der Waals surface area (Å²) in [5, 5.41) is 5.72. The number of nitrogens with one attached hydrogen (secondary N) is 2. The Morgan fingerprint density at radius 1 is 1.47 bits per heavy atom. The van der Waals surface area contributed by atoms with E-state index in [1.807, 2.05) is 30.3 Å². The average molecular weight is 237 g/mol. The molecule has 1 aliphatic heterocycles. The molecule has 1 atom stereocenters. The number of hydrogen-bond acceptors (Lipinski definition) is 2. The average Bonchev–Trinajstić information content (AvgIpc) is 2.74. The lowest BCUT2D eigenvalue weighted by atomic mass is 10.2. The van der Waals surface area contributed by atoms with Crippen molar-refractivity contribution < 1.29 is 7.65 Å². The van der Waals surface area contributed by atoms with Gasteiger partial charge < -0.3 is 15.5 Å². The van der Waals surface area contributed by atoms with Gasteiger partial charge in [0.05, 0.1) is 0 Å². The lowest BCUT2D eigenvalue weighted by Crippen LogP contribution is -2.40. The van der Waals surface area contributed by atoms with E-state index in [1.165, 1.54) is 12.8 Å². The fraction of sp³-hybridized carbons (Fsp3) is 0.462. The topological polar surface area (TPSA) is 44.4 Å². The molecule has 1 aromatic carbocycles. The van der Waals surface area contributed by atoms with Crippen LogP contribution in [0.5, 0.6) is 0 Å². The predicted octanol–water partition coefficient (Wildman–Crippen LogP) is 2.39. The van der Waals surface area contributed by atoms with Gasteiger partial charge in [-0.1, -0.05) is 18.2 Å². The molecular formula is C13H23N3O. The molecule has 1 aliphatic rings. The Balaban J connectivity index is 0.00000162. The van der Waals surface area contributed by atoms with Crippen LogP contribution in [0.15, 0.2) is 30.3 Å². The maximum Gasteiger partial charge on any atom is 0.319 e. The van der Waals surface area contributed by atoms with Crippen LogP contribution in [0.2, 0.25) is 0 Å². The highest BCUT2D eigenvalue weighted by Crippen LogP contribution is 2.13. The third kappa shape index (κ3) is 3.46. The normalized spacial score (nSPS) is 20.2. The third-order valence-electron chi connectivity index (χ3n) is 3.20. The molecule has 96 valence electrons. The van der Waals surface area contributed by atoms with E-state index in [9.17, 15) is 4.79 Å². The number of carbonyl (C=O) groups excluding carboxylic acids is 1. The van der Waals surface area contributed by atoms with E-state index in [0.29, 0.717) is 6.04 Å². The molecule has 4 heteroatoms. The van der Waals surface area contributed by atoms with E-state index in [2.05, 4.69) is 22.6 Å². The molecule has 2 N–H and O–H groups in total. The van der Waals surface area contributed by atoms with Gasteiger partial charge in [-0.25, -0.2) is 4.79 Å². The van der Waals surface area contributed by atoms with Gasteiger partial charge in [-0.2, -0.15) is 0 Å². The van der Waals surface area contributed by atoms with Crippen molar-refractivity contribution in [3.63, 3.8) is 0 Å². The van der Waals surface area contributed by atoms with Crippen LogP contribution in [0, 0.1) is 0 Å². The molecular weight excluding hydrogens is 214 g/mol. The highest BCUT2D eigenvalue weighted by molar-refractivity contribution is 5.89. The highest BCUT2D eigenvalue weighted by Gasteiger charge is 2.20. The maximum atomic E-state index is 11.6. The Kier molecular flexibility index (Phi) is 3.98. The number of likely N-dealkylation sites (tertiary alicyclic amines) is 1. The summed E-state index contributed by atoms with van der Waals surface area (Å²) in [6.07, 6.45) is 2.39. The molecule has 0 aromatic heterocycles.